The van der Waals surface area contributed by atoms with E-state index >= 15 is 79.0 Å². The first-order valence-corrected chi connectivity index (χ1v) is 29.0. The average molecular weight is 1490 g/mol. The lowest BCUT2D eigenvalue weighted by atomic mass is 9.89. The third-order valence-electron chi connectivity index (χ3n) is 17.0. The summed E-state index contributed by atoms with van der Waals surface area (Å²) in [4.78, 5) is 0. The summed E-state index contributed by atoms with van der Waals surface area (Å²) in [6, 6.07) is 12.8. The molecule has 0 atom stereocenters. The van der Waals surface area contributed by atoms with Crippen molar-refractivity contribution in [3.05, 3.63) is 237 Å². The predicted molar refractivity (Wildman–Crippen MR) is 317 cm³/mol. The number of alkyl halides is 30. The van der Waals surface area contributed by atoms with Crippen LogP contribution in [0.2, 0.25) is 0 Å². The van der Waals surface area contributed by atoms with Crippen molar-refractivity contribution in [3.63, 3.8) is 0 Å². The van der Waals surface area contributed by atoms with Gasteiger partial charge in [0.1, 0.15) is 0 Å². The minimum absolute atomic E-state index is 0.0752. The highest BCUT2D eigenvalue weighted by Crippen LogP contribution is 2.53. The van der Waals surface area contributed by atoms with E-state index in [0.717, 1.165) is 48.5 Å². The van der Waals surface area contributed by atoms with Crippen molar-refractivity contribution in [1.82, 2.24) is 9.13 Å². The van der Waals surface area contributed by atoms with E-state index in [1.54, 1.807) is 0 Å². The molecule has 2 heterocycles. The second-order valence-corrected chi connectivity index (χ2v) is 23.3. The minimum Gasteiger partial charge on any atom is -0.307 e. The maximum Gasteiger partial charge on any atom is 0.417 e. The van der Waals surface area contributed by atoms with Crippen LogP contribution in [0.1, 0.15) is 61.2 Å². The highest BCUT2D eigenvalue weighted by molar-refractivity contribution is 6.14. The molecule has 0 bridgehead atoms. The van der Waals surface area contributed by atoms with Crippen LogP contribution in [0, 0.1) is 11.3 Å². The predicted octanol–water partition coefficient (Wildman–Crippen LogP) is 26.3. The number of benzene rings is 10. The molecule has 2 aromatic heterocycles. The van der Waals surface area contributed by atoms with E-state index in [1.165, 1.54) is 6.07 Å². The minimum atomic E-state index is -5.89. The van der Waals surface area contributed by atoms with Gasteiger partial charge >= 0.3 is 61.8 Å². The van der Waals surface area contributed by atoms with Crippen molar-refractivity contribution in [2.45, 2.75) is 61.8 Å². The molecule has 33 heteroatoms. The Balaban J connectivity index is 1.34. The van der Waals surface area contributed by atoms with Gasteiger partial charge in [0.05, 0.1) is 101 Å². The van der Waals surface area contributed by atoms with E-state index < -0.39 is 223 Å². The lowest BCUT2D eigenvalue weighted by Gasteiger charge is -2.23. The molecular formula is C71H29F30N3. The summed E-state index contributed by atoms with van der Waals surface area (Å²) >= 11 is 0. The first-order chi connectivity index (χ1) is 47.8. The Morgan fingerprint density at radius 2 is 0.471 bits per heavy atom. The molecule has 0 aliphatic carbocycles. The van der Waals surface area contributed by atoms with Crippen molar-refractivity contribution < 1.29 is 132 Å². The van der Waals surface area contributed by atoms with Gasteiger partial charge in [0, 0.05) is 32.7 Å². The number of fused-ring (bicyclic) bond motifs is 6. The second-order valence-electron chi connectivity index (χ2n) is 23.3. The molecule has 3 nitrogen and oxygen atoms in total. The lowest BCUT2D eigenvalue weighted by molar-refractivity contribution is -0.144. The summed E-state index contributed by atoms with van der Waals surface area (Å²) in [6.07, 6.45) is -56.6. The summed E-state index contributed by atoms with van der Waals surface area (Å²) in [6.45, 7) is 0. The summed E-state index contributed by atoms with van der Waals surface area (Å²) in [7, 11) is 0. The van der Waals surface area contributed by atoms with Crippen LogP contribution >= 0.6 is 0 Å². The number of rotatable bonds is 7. The fourth-order valence-electron chi connectivity index (χ4n) is 12.6. The van der Waals surface area contributed by atoms with Crippen LogP contribution in [0.3, 0.4) is 0 Å². The molecule has 12 rings (SSSR count). The van der Waals surface area contributed by atoms with Gasteiger partial charge in [-0.15, -0.1) is 0 Å². The zero-order chi connectivity index (χ0) is 76.3. The van der Waals surface area contributed by atoms with Gasteiger partial charge in [0.25, 0.3) is 0 Å². The normalized spacial score (nSPS) is 13.5. The largest absolute Gasteiger partial charge is 0.417 e. The maximum absolute atomic E-state index is 15.5. The molecule has 538 valence electrons. The van der Waals surface area contributed by atoms with Crippen molar-refractivity contribution in [2.75, 3.05) is 0 Å². The summed E-state index contributed by atoms with van der Waals surface area (Å²) in [5.41, 5.74) is -37.5. The first-order valence-electron chi connectivity index (χ1n) is 29.0. The number of nitrogens with zero attached hydrogens (tertiary/aromatic N) is 3. The van der Waals surface area contributed by atoms with E-state index in [9.17, 15) is 57.9 Å². The third kappa shape index (κ3) is 13.2. The Morgan fingerprint density at radius 1 is 0.231 bits per heavy atom. The second kappa shape index (κ2) is 24.1. The van der Waals surface area contributed by atoms with E-state index in [4.69, 9.17) is 0 Å². The Kier molecular flexibility index (Phi) is 16.9. The summed E-state index contributed by atoms with van der Waals surface area (Å²) in [5.74, 6) is 0. The molecule has 0 spiro atoms. The lowest BCUT2D eigenvalue weighted by Crippen LogP contribution is -2.15. The molecular weight excluding hydrogens is 1460 g/mol. The summed E-state index contributed by atoms with van der Waals surface area (Å²) in [5, 5.41) is 9.64. The highest BCUT2D eigenvalue weighted by Gasteiger charge is 2.46. The Hall–Kier alpha value is -10.8. The van der Waals surface area contributed by atoms with Gasteiger partial charge in [0.2, 0.25) is 0 Å². The van der Waals surface area contributed by atoms with Crippen LogP contribution in [0.15, 0.2) is 176 Å². The maximum atomic E-state index is 15.5. The molecule has 10 aromatic carbocycles. The van der Waals surface area contributed by atoms with Crippen molar-refractivity contribution in [3.8, 4) is 73.1 Å². The molecule has 0 N–H and O–H groups in total. The standard InChI is InChI=1S/C71H29F30N3/c72-62(73,74)36-8-16-40(51(25-36)68(90,91)92)31-4-12-44-45-13-5-32(41-17-9-37(63(75,76)77)26-52(41)69(93,94)95)21-56(45)103(55(44)20-31)59-24-35(30-102)48(61-49(66(84,85)86)2-1-3-50(61)67(87,88)89)29-60(59)104-57-22-33(42-18-10-38(64(78,79)80)27-53(42)70(96,97)98)6-14-46(57)47-15-7-34(23-58(47)104)43-19-11-39(65(81,82)83)28-54(43)71(99,100)101/h1-29H. The Bertz CT molecular complexity index is 5230. The Morgan fingerprint density at radius 3 is 0.692 bits per heavy atom. The van der Waals surface area contributed by atoms with Crippen LogP contribution in [-0.2, 0) is 61.8 Å². The molecule has 0 unspecified atom stereocenters. The number of halogens is 30. The monoisotopic (exact) mass is 1490 g/mol. The molecule has 0 saturated heterocycles. The zero-order valence-electron chi connectivity index (χ0n) is 50.4. The summed E-state index contributed by atoms with van der Waals surface area (Å²) < 4.78 is 446. The van der Waals surface area contributed by atoms with E-state index in [-0.39, 0.29) is 77.5 Å². The number of aromatic nitrogens is 2. The van der Waals surface area contributed by atoms with E-state index in [1.807, 2.05) is 0 Å². The van der Waals surface area contributed by atoms with Gasteiger partial charge in [0.15, 0.2) is 0 Å². The Labute approximate surface area is 560 Å². The average Bonchev–Trinajstić information content (AvgIpc) is 1.54. The SMILES string of the molecule is N#Cc1cc(-n2c3cc(-c4ccc(C(F)(F)F)cc4C(F)(F)F)ccc3c3ccc(-c4ccc(C(F)(F)F)cc4C(F)(F)F)cc32)c(-n2c3cc(-c4ccc(C(F)(F)F)cc4C(F)(F)F)ccc3c3ccc(-c4ccc(C(F)(F)F)cc4C(F)(F)F)cc32)cc1-c1c(C(F)(F)F)cccc1C(F)(F)F. The fraction of sp³-hybridized carbons (Fsp3) is 0.141. The zero-order valence-corrected chi connectivity index (χ0v) is 50.4. The van der Waals surface area contributed by atoms with Crippen molar-refractivity contribution in [2.24, 2.45) is 0 Å². The quantitative estimate of drug-likeness (QED) is 0.146. The van der Waals surface area contributed by atoms with Gasteiger partial charge in [-0.1, -0.05) is 78.9 Å². The van der Waals surface area contributed by atoms with E-state index in [0.29, 0.717) is 69.8 Å². The molecule has 12 aromatic rings. The fourth-order valence-corrected chi connectivity index (χ4v) is 12.6. The molecule has 0 fully saturated rings. The van der Waals surface area contributed by atoms with Crippen LogP contribution in [-0.4, -0.2) is 9.13 Å². The third-order valence-corrected chi connectivity index (χ3v) is 17.0. The number of hydrogen-bond donors (Lipinski definition) is 0. The van der Waals surface area contributed by atoms with Crippen molar-refractivity contribution >= 4 is 43.6 Å². The van der Waals surface area contributed by atoms with Crippen LogP contribution in [0.25, 0.3) is 111 Å². The van der Waals surface area contributed by atoms with Gasteiger partial charge in [-0.2, -0.15) is 137 Å². The highest BCUT2D eigenvalue weighted by atomic mass is 19.4. The van der Waals surface area contributed by atoms with Crippen LogP contribution < -0.4 is 0 Å². The van der Waals surface area contributed by atoms with Gasteiger partial charge in [-0.3, -0.25) is 0 Å². The van der Waals surface area contributed by atoms with Crippen molar-refractivity contribution in [1.29, 1.82) is 5.26 Å². The van der Waals surface area contributed by atoms with Gasteiger partial charge in [-0.25, -0.2) is 0 Å². The smallest absolute Gasteiger partial charge is 0.307 e. The van der Waals surface area contributed by atoms with Crippen LogP contribution in [0.4, 0.5) is 132 Å². The number of hydrogen-bond acceptors (Lipinski definition) is 1. The van der Waals surface area contributed by atoms with Crippen LogP contribution in [0.5, 0.6) is 0 Å². The topological polar surface area (TPSA) is 33.6 Å². The van der Waals surface area contributed by atoms with E-state index in [2.05, 4.69) is 0 Å². The molecule has 0 aliphatic rings. The van der Waals surface area contributed by atoms with Gasteiger partial charge in [-0.05, 0) is 142 Å². The van der Waals surface area contributed by atoms with Gasteiger partial charge < -0.3 is 9.13 Å². The molecule has 0 aliphatic heterocycles. The molecule has 104 heavy (non-hydrogen) atoms. The first kappa shape index (κ1) is 73.0. The molecule has 0 radical (unpaired) electrons. The molecule has 0 saturated carbocycles. The molecule has 0 amide bonds. The number of nitriles is 1.